The molecule has 0 saturated heterocycles. The number of nitrogens with one attached hydrogen (secondary N) is 2. The highest BCUT2D eigenvalue weighted by molar-refractivity contribution is 7.99. The number of rotatable bonds is 6. The van der Waals surface area contributed by atoms with Crippen LogP contribution in [-0.4, -0.2) is 36.5 Å². The molecule has 0 aliphatic rings. The van der Waals surface area contributed by atoms with Crippen molar-refractivity contribution in [2.45, 2.75) is 25.1 Å². The van der Waals surface area contributed by atoms with Gasteiger partial charge in [-0.3, -0.25) is 9.79 Å². The predicted octanol–water partition coefficient (Wildman–Crippen LogP) is 1.19. The lowest BCUT2D eigenvalue weighted by Gasteiger charge is -2.23. The van der Waals surface area contributed by atoms with Gasteiger partial charge in [0.15, 0.2) is 11.7 Å². The number of hydrogen-bond acceptors (Lipinski definition) is 4. The van der Waals surface area contributed by atoms with E-state index in [1.54, 1.807) is 30.9 Å². The first-order chi connectivity index (χ1) is 9.38. The molecule has 7 heteroatoms. The summed E-state index contributed by atoms with van der Waals surface area (Å²) in [5.41, 5.74) is 5.13. The Balaban J connectivity index is 2.47. The van der Waals surface area contributed by atoms with Gasteiger partial charge in [0.1, 0.15) is 5.76 Å². The van der Waals surface area contributed by atoms with Crippen molar-refractivity contribution in [2.24, 2.45) is 10.7 Å². The number of aliphatic imine (C=N–C) groups is 1. The Hall–Kier alpha value is -1.63. The molecular weight excluding hydrogens is 276 g/mol. The molecule has 1 amide bonds. The normalized spacial score (nSPS) is 12.3. The number of guanidine groups is 1. The van der Waals surface area contributed by atoms with Gasteiger partial charge in [-0.05, 0) is 32.2 Å². The lowest BCUT2D eigenvalue weighted by Crippen LogP contribution is -2.42. The molecule has 0 unspecified atom stereocenters. The summed E-state index contributed by atoms with van der Waals surface area (Å²) in [7, 11) is 1.71. The van der Waals surface area contributed by atoms with E-state index in [9.17, 15) is 4.79 Å². The third-order valence-electron chi connectivity index (χ3n) is 2.79. The van der Waals surface area contributed by atoms with E-state index in [0.717, 1.165) is 6.54 Å². The number of carbonyl (C=O) groups is 1. The van der Waals surface area contributed by atoms with Crippen LogP contribution in [0.5, 0.6) is 0 Å². The van der Waals surface area contributed by atoms with Crippen LogP contribution in [0.15, 0.2) is 21.5 Å². The molecule has 20 heavy (non-hydrogen) atoms. The van der Waals surface area contributed by atoms with Gasteiger partial charge in [-0.1, -0.05) is 0 Å². The number of nitrogens with two attached hydrogens (primary N) is 1. The highest BCUT2D eigenvalue weighted by Gasteiger charge is 2.16. The van der Waals surface area contributed by atoms with Crippen LogP contribution in [-0.2, 0) is 6.54 Å². The third-order valence-corrected chi connectivity index (χ3v) is 4.04. The zero-order valence-electron chi connectivity index (χ0n) is 12.3. The lowest BCUT2D eigenvalue weighted by molar-refractivity contribution is 0.0972. The first-order valence-corrected chi connectivity index (χ1v) is 7.48. The Kier molecular flexibility index (Phi) is 5.94. The second kappa shape index (κ2) is 7.23. The van der Waals surface area contributed by atoms with Gasteiger partial charge in [-0.15, -0.1) is 0 Å². The zero-order chi connectivity index (χ0) is 15.2. The molecule has 0 spiro atoms. The maximum absolute atomic E-state index is 10.9. The minimum Gasteiger partial charge on any atom is -0.454 e. The lowest BCUT2D eigenvalue weighted by atomic mass is 10.2. The van der Waals surface area contributed by atoms with Crippen molar-refractivity contribution in [2.75, 3.05) is 19.8 Å². The molecule has 6 nitrogen and oxygen atoms in total. The molecule has 1 aromatic heterocycles. The van der Waals surface area contributed by atoms with Crippen LogP contribution >= 0.6 is 11.8 Å². The molecule has 0 fully saturated rings. The van der Waals surface area contributed by atoms with Gasteiger partial charge in [-0.2, -0.15) is 11.8 Å². The summed E-state index contributed by atoms with van der Waals surface area (Å²) in [6, 6.07) is 3.28. The molecule has 0 bridgehead atoms. The number of hydrogen-bond donors (Lipinski definition) is 3. The molecule has 0 aliphatic heterocycles. The van der Waals surface area contributed by atoms with E-state index in [1.165, 1.54) is 0 Å². The van der Waals surface area contributed by atoms with Gasteiger partial charge in [-0.25, -0.2) is 0 Å². The number of thioether (sulfide) groups is 1. The Morgan fingerprint density at radius 3 is 2.65 bits per heavy atom. The molecule has 112 valence electrons. The Morgan fingerprint density at radius 2 is 2.15 bits per heavy atom. The average molecular weight is 298 g/mol. The molecule has 0 aliphatic carbocycles. The molecule has 0 atom stereocenters. The Labute approximate surface area is 123 Å². The standard InChI is InChI=1S/C13H22N4O2S/c1-13(2,20-4)8-17-12(15-3)16-7-9-5-6-10(19-9)11(14)18/h5-6H,7-8H2,1-4H3,(H2,14,18)(H2,15,16,17). The van der Waals surface area contributed by atoms with Crippen molar-refractivity contribution in [3.05, 3.63) is 23.7 Å². The van der Waals surface area contributed by atoms with Crippen LogP contribution in [0.1, 0.15) is 30.2 Å². The van der Waals surface area contributed by atoms with Crippen molar-refractivity contribution < 1.29 is 9.21 Å². The Morgan fingerprint density at radius 1 is 1.45 bits per heavy atom. The van der Waals surface area contributed by atoms with Crippen LogP contribution in [0.3, 0.4) is 0 Å². The quantitative estimate of drug-likeness (QED) is 0.542. The van der Waals surface area contributed by atoms with E-state index >= 15 is 0 Å². The highest BCUT2D eigenvalue weighted by Crippen LogP contribution is 2.19. The number of carbonyl (C=O) groups excluding carboxylic acids is 1. The number of furan rings is 1. The van der Waals surface area contributed by atoms with E-state index in [-0.39, 0.29) is 10.5 Å². The van der Waals surface area contributed by atoms with Crippen molar-refractivity contribution in [3.8, 4) is 0 Å². The maximum atomic E-state index is 10.9. The topological polar surface area (TPSA) is 92.6 Å². The molecule has 1 rings (SSSR count). The number of amides is 1. The van der Waals surface area contributed by atoms with Crippen molar-refractivity contribution in [1.82, 2.24) is 10.6 Å². The van der Waals surface area contributed by atoms with E-state index < -0.39 is 5.91 Å². The second-order valence-electron chi connectivity index (χ2n) is 4.87. The van der Waals surface area contributed by atoms with E-state index in [4.69, 9.17) is 10.2 Å². The molecule has 4 N–H and O–H groups in total. The van der Waals surface area contributed by atoms with E-state index in [2.05, 4.69) is 35.7 Å². The maximum Gasteiger partial charge on any atom is 0.284 e. The van der Waals surface area contributed by atoms with Gasteiger partial charge in [0, 0.05) is 18.3 Å². The molecule has 0 radical (unpaired) electrons. The van der Waals surface area contributed by atoms with Gasteiger partial charge in [0.2, 0.25) is 0 Å². The fourth-order valence-electron chi connectivity index (χ4n) is 1.37. The van der Waals surface area contributed by atoms with Crippen LogP contribution in [0, 0.1) is 0 Å². The summed E-state index contributed by atoms with van der Waals surface area (Å²) < 4.78 is 5.41. The molecular formula is C13H22N4O2S. The smallest absolute Gasteiger partial charge is 0.284 e. The van der Waals surface area contributed by atoms with E-state index in [1.807, 2.05) is 0 Å². The van der Waals surface area contributed by atoms with Crippen molar-refractivity contribution >= 4 is 23.6 Å². The van der Waals surface area contributed by atoms with E-state index in [0.29, 0.717) is 18.3 Å². The first kappa shape index (κ1) is 16.4. The molecule has 1 heterocycles. The van der Waals surface area contributed by atoms with Gasteiger partial charge >= 0.3 is 0 Å². The third kappa shape index (κ3) is 5.16. The van der Waals surface area contributed by atoms with Gasteiger partial charge < -0.3 is 20.8 Å². The number of primary amides is 1. The monoisotopic (exact) mass is 298 g/mol. The van der Waals surface area contributed by atoms with Gasteiger partial charge in [0.05, 0.1) is 6.54 Å². The minimum atomic E-state index is -0.569. The van der Waals surface area contributed by atoms with Crippen molar-refractivity contribution in [3.63, 3.8) is 0 Å². The largest absolute Gasteiger partial charge is 0.454 e. The number of nitrogens with zero attached hydrogens (tertiary/aromatic N) is 1. The average Bonchev–Trinajstić information content (AvgIpc) is 2.88. The summed E-state index contributed by atoms with van der Waals surface area (Å²) in [5.74, 6) is 0.906. The van der Waals surface area contributed by atoms with Crippen LogP contribution in [0.25, 0.3) is 0 Å². The second-order valence-corrected chi connectivity index (χ2v) is 6.39. The molecule has 0 aromatic carbocycles. The molecule has 1 aromatic rings. The first-order valence-electron chi connectivity index (χ1n) is 6.26. The summed E-state index contributed by atoms with van der Waals surface area (Å²) in [6.07, 6.45) is 2.08. The zero-order valence-corrected chi connectivity index (χ0v) is 13.1. The van der Waals surface area contributed by atoms with Gasteiger partial charge in [0.25, 0.3) is 5.91 Å². The summed E-state index contributed by atoms with van der Waals surface area (Å²) >= 11 is 1.79. The minimum absolute atomic E-state index is 0.126. The summed E-state index contributed by atoms with van der Waals surface area (Å²) in [6.45, 7) is 5.54. The molecule has 0 saturated carbocycles. The fraction of sp³-hybridized carbons (Fsp3) is 0.538. The SMILES string of the molecule is CN=C(NCc1ccc(C(N)=O)o1)NCC(C)(C)SC. The Bertz CT molecular complexity index is 482. The highest BCUT2D eigenvalue weighted by atomic mass is 32.2. The van der Waals surface area contributed by atoms with Crippen molar-refractivity contribution in [1.29, 1.82) is 0 Å². The van der Waals surface area contributed by atoms with Crippen LogP contribution < -0.4 is 16.4 Å². The summed E-state index contributed by atoms with van der Waals surface area (Å²) in [5, 5.41) is 6.36. The van der Waals surface area contributed by atoms with Crippen LogP contribution in [0.4, 0.5) is 0 Å². The fourth-order valence-corrected chi connectivity index (χ4v) is 1.58. The van der Waals surface area contributed by atoms with Crippen LogP contribution in [0.2, 0.25) is 0 Å². The summed E-state index contributed by atoms with van der Waals surface area (Å²) in [4.78, 5) is 15.1. The predicted molar refractivity (Wildman–Crippen MR) is 83.0 cm³/mol.